The van der Waals surface area contributed by atoms with E-state index in [1.807, 2.05) is 30.3 Å². The molecule has 0 aliphatic carbocycles. The summed E-state index contributed by atoms with van der Waals surface area (Å²) < 4.78 is 0. The highest BCUT2D eigenvalue weighted by atomic mass is 32.1. The number of aliphatic hydroxyl groups is 1. The van der Waals surface area contributed by atoms with Gasteiger partial charge in [0.25, 0.3) is 0 Å². The Kier molecular flexibility index (Phi) is 7.53. The lowest BCUT2D eigenvalue weighted by Crippen LogP contribution is -2.30. The standard InChI is InChI=1S/C19H23N3O2S/c20-19(25)16-7-4-8-17(13-16)21-18(24)9-10-22(11-12-23)14-15-5-2-1-3-6-15/h1-8,13,23H,9-12,14H2,(H2,20,25)(H,21,24). The number of nitrogens with zero attached hydrogens (tertiary/aromatic N) is 1. The molecule has 0 bridgehead atoms. The molecule has 0 atom stereocenters. The molecule has 1 amide bonds. The van der Waals surface area contributed by atoms with Crippen molar-refractivity contribution in [1.82, 2.24) is 4.90 Å². The van der Waals surface area contributed by atoms with E-state index in [2.05, 4.69) is 10.2 Å². The zero-order chi connectivity index (χ0) is 18.1. The van der Waals surface area contributed by atoms with E-state index in [1.54, 1.807) is 24.3 Å². The second kappa shape index (κ2) is 9.88. The molecular formula is C19H23N3O2S. The fourth-order valence-electron chi connectivity index (χ4n) is 2.49. The Balaban J connectivity index is 1.88. The molecule has 0 saturated heterocycles. The van der Waals surface area contributed by atoms with Crippen molar-refractivity contribution in [3.05, 3.63) is 65.7 Å². The fraction of sp³-hybridized carbons (Fsp3) is 0.263. The SMILES string of the molecule is NC(=S)c1cccc(NC(=O)CCN(CCO)Cc2ccccc2)c1. The van der Waals surface area contributed by atoms with Crippen LogP contribution < -0.4 is 11.1 Å². The number of benzene rings is 2. The number of aliphatic hydroxyl groups excluding tert-OH is 1. The fourth-order valence-corrected chi connectivity index (χ4v) is 2.61. The number of hydrogen-bond donors (Lipinski definition) is 3. The van der Waals surface area contributed by atoms with E-state index in [0.29, 0.717) is 36.7 Å². The number of amides is 1. The van der Waals surface area contributed by atoms with Gasteiger partial charge in [0.1, 0.15) is 4.99 Å². The zero-order valence-electron chi connectivity index (χ0n) is 14.0. The van der Waals surface area contributed by atoms with Crippen molar-refractivity contribution in [2.45, 2.75) is 13.0 Å². The molecule has 0 spiro atoms. The summed E-state index contributed by atoms with van der Waals surface area (Å²) in [6.45, 7) is 1.85. The van der Waals surface area contributed by atoms with E-state index in [-0.39, 0.29) is 12.5 Å². The van der Waals surface area contributed by atoms with Gasteiger partial charge in [0.2, 0.25) is 5.91 Å². The van der Waals surface area contributed by atoms with Crippen LogP contribution in [0.3, 0.4) is 0 Å². The van der Waals surface area contributed by atoms with Crippen LogP contribution in [0, 0.1) is 0 Å². The molecule has 0 aliphatic rings. The summed E-state index contributed by atoms with van der Waals surface area (Å²) in [5.41, 5.74) is 8.15. The predicted octanol–water partition coefficient (Wildman–Crippen LogP) is 2.14. The first-order chi connectivity index (χ1) is 12.1. The van der Waals surface area contributed by atoms with E-state index in [4.69, 9.17) is 18.0 Å². The molecule has 2 rings (SSSR count). The quantitative estimate of drug-likeness (QED) is 0.599. The van der Waals surface area contributed by atoms with E-state index < -0.39 is 0 Å². The van der Waals surface area contributed by atoms with Crippen molar-refractivity contribution in [1.29, 1.82) is 0 Å². The first-order valence-electron chi connectivity index (χ1n) is 8.15. The van der Waals surface area contributed by atoms with Gasteiger partial charge < -0.3 is 16.2 Å². The Bertz CT molecular complexity index is 707. The van der Waals surface area contributed by atoms with Crippen LogP contribution >= 0.6 is 12.2 Å². The molecule has 6 heteroatoms. The highest BCUT2D eigenvalue weighted by Crippen LogP contribution is 2.11. The molecule has 2 aromatic rings. The Morgan fingerprint density at radius 1 is 1.12 bits per heavy atom. The highest BCUT2D eigenvalue weighted by Gasteiger charge is 2.09. The molecule has 132 valence electrons. The van der Waals surface area contributed by atoms with E-state index in [9.17, 15) is 9.90 Å². The number of hydrogen-bond acceptors (Lipinski definition) is 4. The number of anilines is 1. The largest absolute Gasteiger partial charge is 0.395 e. The molecule has 2 aromatic carbocycles. The van der Waals surface area contributed by atoms with Gasteiger partial charge in [-0.2, -0.15) is 0 Å². The van der Waals surface area contributed by atoms with Crippen molar-refractivity contribution in [2.75, 3.05) is 25.0 Å². The molecule has 0 unspecified atom stereocenters. The topological polar surface area (TPSA) is 78.6 Å². The molecule has 0 radical (unpaired) electrons. The lowest BCUT2D eigenvalue weighted by Gasteiger charge is -2.21. The lowest BCUT2D eigenvalue weighted by molar-refractivity contribution is -0.116. The van der Waals surface area contributed by atoms with Crippen molar-refractivity contribution in [3.63, 3.8) is 0 Å². The maximum Gasteiger partial charge on any atom is 0.225 e. The molecule has 4 N–H and O–H groups in total. The summed E-state index contributed by atoms with van der Waals surface area (Å²) >= 11 is 4.95. The average molecular weight is 357 g/mol. The number of carbonyl (C=O) groups excluding carboxylic acids is 1. The van der Waals surface area contributed by atoms with Crippen molar-refractivity contribution >= 4 is 28.8 Å². The summed E-state index contributed by atoms with van der Waals surface area (Å²) in [6.07, 6.45) is 0.337. The van der Waals surface area contributed by atoms with Crippen molar-refractivity contribution in [2.24, 2.45) is 5.73 Å². The van der Waals surface area contributed by atoms with Gasteiger partial charge in [-0.05, 0) is 17.7 Å². The number of nitrogens with two attached hydrogens (primary N) is 1. The van der Waals surface area contributed by atoms with Crippen LogP contribution in [0.4, 0.5) is 5.69 Å². The van der Waals surface area contributed by atoms with Crippen molar-refractivity contribution in [3.8, 4) is 0 Å². The van der Waals surface area contributed by atoms with Gasteiger partial charge in [0.15, 0.2) is 0 Å². The molecule has 0 saturated carbocycles. The highest BCUT2D eigenvalue weighted by molar-refractivity contribution is 7.80. The smallest absolute Gasteiger partial charge is 0.225 e. The third-order valence-corrected chi connectivity index (χ3v) is 3.99. The monoisotopic (exact) mass is 357 g/mol. The maximum absolute atomic E-state index is 12.2. The molecule has 0 heterocycles. The normalized spacial score (nSPS) is 10.6. The summed E-state index contributed by atoms with van der Waals surface area (Å²) in [4.78, 5) is 14.5. The maximum atomic E-state index is 12.2. The number of nitrogens with one attached hydrogen (secondary N) is 1. The van der Waals surface area contributed by atoms with Gasteiger partial charge >= 0.3 is 0 Å². The van der Waals surface area contributed by atoms with Crippen molar-refractivity contribution < 1.29 is 9.90 Å². The third-order valence-electron chi connectivity index (χ3n) is 3.75. The lowest BCUT2D eigenvalue weighted by atomic mass is 10.2. The Labute approximate surface area is 153 Å². The number of carbonyl (C=O) groups is 1. The average Bonchev–Trinajstić information content (AvgIpc) is 2.61. The van der Waals surface area contributed by atoms with Gasteiger partial charge in [-0.15, -0.1) is 0 Å². The minimum atomic E-state index is -0.0870. The Morgan fingerprint density at radius 2 is 1.88 bits per heavy atom. The minimum Gasteiger partial charge on any atom is -0.395 e. The zero-order valence-corrected chi connectivity index (χ0v) is 14.8. The molecule has 0 aliphatic heterocycles. The van der Waals surface area contributed by atoms with Gasteiger partial charge in [-0.25, -0.2) is 0 Å². The summed E-state index contributed by atoms with van der Waals surface area (Å²) in [5.74, 6) is -0.0870. The van der Waals surface area contributed by atoms with E-state index >= 15 is 0 Å². The molecule has 0 fully saturated rings. The Hall–Kier alpha value is -2.28. The van der Waals surface area contributed by atoms with Crippen LogP contribution in [-0.2, 0) is 11.3 Å². The van der Waals surface area contributed by atoms with Crippen LogP contribution in [0.5, 0.6) is 0 Å². The van der Waals surface area contributed by atoms with E-state index in [1.165, 1.54) is 0 Å². The summed E-state index contributed by atoms with van der Waals surface area (Å²) in [6, 6.07) is 17.2. The molecular weight excluding hydrogens is 334 g/mol. The van der Waals surface area contributed by atoms with E-state index in [0.717, 1.165) is 11.1 Å². The third kappa shape index (κ3) is 6.62. The van der Waals surface area contributed by atoms with Crippen LogP contribution in [-0.4, -0.2) is 40.6 Å². The molecule has 25 heavy (non-hydrogen) atoms. The second-order valence-corrected chi connectivity index (χ2v) is 6.17. The molecule has 5 nitrogen and oxygen atoms in total. The first kappa shape index (κ1) is 19.1. The summed E-state index contributed by atoms with van der Waals surface area (Å²) in [5, 5.41) is 12.1. The Morgan fingerprint density at radius 3 is 2.56 bits per heavy atom. The van der Waals surface area contributed by atoms with Gasteiger partial charge in [-0.3, -0.25) is 9.69 Å². The van der Waals surface area contributed by atoms with Gasteiger partial charge in [0, 0.05) is 37.3 Å². The van der Waals surface area contributed by atoms with Crippen LogP contribution in [0.2, 0.25) is 0 Å². The van der Waals surface area contributed by atoms with Gasteiger partial charge in [0.05, 0.1) is 6.61 Å². The predicted molar refractivity (Wildman–Crippen MR) is 104 cm³/mol. The first-order valence-corrected chi connectivity index (χ1v) is 8.56. The van der Waals surface area contributed by atoms with Crippen LogP contribution in [0.25, 0.3) is 0 Å². The number of thiocarbonyl (C=S) groups is 1. The van der Waals surface area contributed by atoms with Crippen LogP contribution in [0.1, 0.15) is 17.5 Å². The number of rotatable bonds is 9. The minimum absolute atomic E-state index is 0.0600. The van der Waals surface area contributed by atoms with Crippen LogP contribution in [0.15, 0.2) is 54.6 Å². The molecule has 0 aromatic heterocycles. The summed E-state index contributed by atoms with van der Waals surface area (Å²) in [7, 11) is 0. The van der Waals surface area contributed by atoms with Gasteiger partial charge in [-0.1, -0.05) is 54.7 Å². The second-order valence-electron chi connectivity index (χ2n) is 5.73.